The Bertz CT molecular complexity index is 581. The number of anilines is 1. The first-order valence-corrected chi connectivity index (χ1v) is 7.41. The van der Waals surface area contributed by atoms with Gasteiger partial charge in [-0.2, -0.15) is 5.10 Å². The van der Waals surface area contributed by atoms with Crippen LogP contribution in [0.1, 0.15) is 37.3 Å². The van der Waals surface area contributed by atoms with Gasteiger partial charge < -0.3 is 5.32 Å². The molecule has 0 aromatic carbocycles. The molecule has 1 amide bonds. The fourth-order valence-corrected chi connectivity index (χ4v) is 3.24. The minimum absolute atomic E-state index is 0.0911. The van der Waals surface area contributed by atoms with E-state index in [2.05, 4.69) is 30.4 Å². The molecule has 2 aromatic rings. The van der Waals surface area contributed by atoms with Gasteiger partial charge in [0, 0.05) is 18.8 Å². The van der Waals surface area contributed by atoms with Gasteiger partial charge in [-0.1, -0.05) is 0 Å². The van der Waals surface area contributed by atoms with E-state index >= 15 is 0 Å². The summed E-state index contributed by atoms with van der Waals surface area (Å²) < 4.78 is 0. The fraction of sp³-hybridized carbons (Fsp3) is 0.500. The van der Waals surface area contributed by atoms with Gasteiger partial charge >= 0.3 is 0 Å². The van der Waals surface area contributed by atoms with Gasteiger partial charge in [-0.15, -0.1) is 11.3 Å². The number of aromatic nitrogens is 4. The largest absolute Gasteiger partial charge is 0.302 e. The summed E-state index contributed by atoms with van der Waals surface area (Å²) in [7, 11) is 0. The predicted octanol–water partition coefficient (Wildman–Crippen LogP) is 1.56. The Morgan fingerprint density at radius 3 is 3.30 bits per heavy atom. The zero-order valence-electron chi connectivity index (χ0n) is 11.2. The number of nitrogens with zero attached hydrogens (tertiary/aromatic N) is 4. The molecule has 0 spiro atoms. The predicted molar refractivity (Wildman–Crippen MR) is 75.2 cm³/mol. The van der Waals surface area contributed by atoms with E-state index in [1.165, 1.54) is 18.3 Å². The van der Waals surface area contributed by atoms with Crippen molar-refractivity contribution in [2.75, 3.05) is 11.9 Å². The van der Waals surface area contributed by atoms with Crippen molar-refractivity contribution in [3.8, 4) is 0 Å². The third-order valence-electron chi connectivity index (χ3n) is 3.31. The molecule has 20 heavy (non-hydrogen) atoms. The summed E-state index contributed by atoms with van der Waals surface area (Å²) in [5.74, 6) is 0.825. The number of hydrogen-bond donors (Lipinski definition) is 2. The van der Waals surface area contributed by atoms with Gasteiger partial charge in [-0.3, -0.25) is 14.8 Å². The number of nitrogens with one attached hydrogen (secondary N) is 2. The van der Waals surface area contributed by atoms with Gasteiger partial charge in [0.05, 0.1) is 11.7 Å². The molecule has 3 heterocycles. The molecule has 0 saturated carbocycles. The van der Waals surface area contributed by atoms with E-state index in [4.69, 9.17) is 0 Å². The van der Waals surface area contributed by atoms with Crippen molar-refractivity contribution in [1.29, 1.82) is 0 Å². The SMILES string of the molecule is CC(=O)Nc1nc(CN2CCC[C@H]2c2ncn[nH]2)cs1. The standard InChI is InChI=1S/C12H16N6OS/c1-8(19)15-12-16-9(6-20-12)5-18-4-2-3-10(18)11-13-7-14-17-11/h6-7,10H,2-5H2,1H3,(H,13,14,17)(H,15,16,19)/t10-/m0/s1. The highest BCUT2D eigenvalue weighted by Gasteiger charge is 2.28. The van der Waals surface area contributed by atoms with E-state index in [1.807, 2.05) is 5.38 Å². The second kappa shape index (κ2) is 5.68. The summed E-state index contributed by atoms with van der Waals surface area (Å²) in [5, 5.41) is 12.2. The number of carbonyl (C=O) groups excluding carboxylic acids is 1. The maximum atomic E-state index is 11.0. The molecule has 1 fully saturated rings. The van der Waals surface area contributed by atoms with Gasteiger partial charge in [0.1, 0.15) is 12.2 Å². The van der Waals surface area contributed by atoms with Gasteiger partial charge in [0.15, 0.2) is 5.13 Å². The zero-order valence-corrected chi connectivity index (χ0v) is 12.0. The molecule has 0 unspecified atom stereocenters. The van der Waals surface area contributed by atoms with Crippen LogP contribution < -0.4 is 5.32 Å². The molecule has 7 nitrogen and oxygen atoms in total. The van der Waals surface area contributed by atoms with Crippen molar-refractivity contribution in [2.45, 2.75) is 32.4 Å². The smallest absolute Gasteiger partial charge is 0.223 e. The van der Waals surface area contributed by atoms with Crippen LogP contribution in [0.15, 0.2) is 11.7 Å². The van der Waals surface area contributed by atoms with Gasteiger partial charge in [-0.05, 0) is 19.4 Å². The molecule has 0 bridgehead atoms. The van der Waals surface area contributed by atoms with Crippen molar-refractivity contribution in [2.24, 2.45) is 0 Å². The lowest BCUT2D eigenvalue weighted by molar-refractivity contribution is -0.114. The zero-order chi connectivity index (χ0) is 13.9. The number of amides is 1. The summed E-state index contributed by atoms with van der Waals surface area (Å²) in [6.07, 6.45) is 3.77. The highest BCUT2D eigenvalue weighted by atomic mass is 32.1. The Morgan fingerprint density at radius 2 is 2.55 bits per heavy atom. The molecule has 106 valence electrons. The van der Waals surface area contributed by atoms with Crippen molar-refractivity contribution in [3.05, 3.63) is 23.2 Å². The Hall–Kier alpha value is -1.80. The Kier molecular flexibility index (Phi) is 3.75. The minimum Gasteiger partial charge on any atom is -0.302 e. The van der Waals surface area contributed by atoms with Crippen molar-refractivity contribution >= 4 is 22.4 Å². The third-order valence-corrected chi connectivity index (χ3v) is 4.12. The molecule has 8 heteroatoms. The Morgan fingerprint density at radius 1 is 1.65 bits per heavy atom. The van der Waals surface area contributed by atoms with Gasteiger partial charge in [-0.25, -0.2) is 9.97 Å². The average Bonchev–Trinajstić information content (AvgIpc) is 3.10. The van der Waals surface area contributed by atoms with E-state index in [0.29, 0.717) is 5.13 Å². The summed E-state index contributed by atoms with van der Waals surface area (Å²) in [6, 6.07) is 0.281. The maximum absolute atomic E-state index is 11.0. The lowest BCUT2D eigenvalue weighted by Crippen LogP contribution is -2.23. The summed E-state index contributed by atoms with van der Waals surface area (Å²) in [6.45, 7) is 3.28. The summed E-state index contributed by atoms with van der Waals surface area (Å²) in [4.78, 5) is 22.0. The molecule has 2 N–H and O–H groups in total. The molecule has 3 rings (SSSR count). The first-order valence-electron chi connectivity index (χ1n) is 6.53. The highest BCUT2D eigenvalue weighted by molar-refractivity contribution is 7.13. The molecule has 1 aliphatic rings. The van der Waals surface area contributed by atoms with Crippen LogP contribution in [0.4, 0.5) is 5.13 Å². The Labute approximate surface area is 120 Å². The van der Waals surface area contributed by atoms with E-state index < -0.39 is 0 Å². The van der Waals surface area contributed by atoms with Crippen LogP contribution in [-0.4, -0.2) is 37.5 Å². The normalized spacial score (nSPS) is 19.4. The number of likely N-dealkylation sites (tertiary alicyclic amines) is 1. The Balaban J connectivity index is 1.67. The molecule has 1 aliphatic heterocycles. The van der Waals surface area contributed by atoms with E-state index in [-0.39, 0.29) is 11.9 Å². The molecule has 2 aromatic heterocycles. The number of rotatable bonds is 4. The monoisotopic (exact) mass is 292 g/mol. The topological polar surface area (TPSA) is 86.8 Å². The number of hydrogen-bond acceptors (Lipinski definition) is 6. The molecular formula is C12H16N6OS. The van der Waals surface area contributed by atoms with Crippen LogP contribution in [0, 0.1) is 0 Å². The lowest BCUT2D eigenvalue weighted by Gasteiger charge is -2.21. The number of aromatic amines is 1. The van der Waals surface area contributed by atoms with Gasteiger partial charge in [0.2, 0.25) is 5.91 Å². The van der Waals surface area contributed by atoms with Crippen LogP contribution in [0.5, 0.6) is 0 Å². The molecular weight excluding hydrogens is 276 g/mol. The number of carbonyl (C=O) groups is 1. The van der Waals surface area contributed by atoms with E-state index in [1.54, 1.807) is 6.33 Å². The summed E-state index contributed by atoms with van der Waals surface area (Å²) >= 11 is 1.45. The van der Waals surface area contributed by atoms with E-state index in [0.717, 1.165) is 37.4 Å². The van der Waals surface area contributed by atoms with E-state index in [9.17, 15) is 4.79 Å². The average molecular weight is 292 g/mol. The maximum Gasteiger partial charge on any atom is 0.223 e. The fourth-order valence-electron chi connectivity index (χ4n) is 2.50. The quantitative estimate of drug-likeness (QED) is 0.893. The van der Waals surface area contributed by atoms with Crippen LogP contribution in [0.25, 0.3) is 0 Å². The summed E-state index contributed by atoms with van der Waals surface area (Å²) in [5.41, 5.74) is 0.977. The van der Waals surface area contributed by atoms with Gasteiger partial charge in [0.25, 0.3) is 0 Å². The van der Waals surface area contributed by atoms with Crippen LogP contribution >= 0.6 is 11.3 Å². The second-order valence-electron chi connectivity index (χ2n) is 4.82. The minimum atomic E-state index is -0.0911. The number of thiazole rings is 1. The molecule has 0 aliphatic carbocycles. The third kappa shape index (κ3) is 2.86. The van der Waals surface area contributed by atoms with Crippen LogP contribution in [0.2, 0.25) is 0 Å². The molecule has 1 atom stereocenters. The first kappa shape index (κ1) is 13.2. The van der Waals surface area contributed by atoms with Crippen LogP contribution in [-0.2, 0) is 11.3 Å². The van der Waals surface area contributed by atoms with Crippen molar-refractivity contribution in [3.63, 3.8) is 0 Å². The second-order valence-corrected chi connectivity index (χ2v) is 5.68. The number of H-pyrrole nitrogens is 1. The molecule has 0 radical (unpaired) electrons. The lowest BCUT2D eigenvalue weighted by atomic mass is 10.2. The first-order chi connectivity index (χ1) is 9.72. The van der Waals surface area contributed by atoms with Crippen LogP contribution in [0.3, 0.4) is 0 Å². The van der Waals surface area contributed by atoms with Crippen molar-refractivity contribution in [1.82, 2.24) is 25.1 Å². The molecule has 1 saturated heterocycles. The van der Waals surface area contributed by atoms with Crippen molar-refractivity contribution < 1.29 is 4.79 Å². The highest BCUT2D eigenvalue weighted by Crippen LogP contribution is 2.31.